The van der Waals surface area contributed by atoms with Gasteiger partial charge in [0.05, 0.1) is 19.3 Å². The molecule has 130 valence electrons. The van der Waals surface area contributed by atoms with E-state index in [1.165, 1.54) is 0 Å². The fourth-order valence-electron chi connectivity index (χ4n) is 2.57. The van der Waals surface area contributed by atoms with Crippen molar-refractivity contribution >= 4 is 18.3 Å². The number of nitrogens with one attached hydrogen (secondary N) is 1. The van der Waals surface area contributed by atoms with E-state index in [9.17, 15) is 4.79 Å². The quantitative estimate of drug-likeness (QED) is 0.759. The predicted octanol–water partition coefficient (Wildman–Crippen LogP) is 1.42. The number of pyridine rings is 1. The van der Waals surface area contributed by atoms with E-state index in [-0.39, 0.29) is 24.4 Å². The van der Waals surface area contributed by atoms with E-state index < -0.39 is 6.10 Å². The maximum Gasteiger partial charge on any atom is 0.252 e. The molecular formula is C16H26ClN3O3. The molecule has 0 radical (unpaired) electrons. The molecule has 2 atom stereocenters. The van der Waals surface area contributed by atoms with Gasteiger partial charge in [0.25, 0.3) is 5.91 Å². The monoisotopic (exact) mass is 343 g/mol. The molecule has 2 rings (SSSR count). The third kappa shape index (κ3) is 5.73. The SMILES string of the molecule is CCOCCOC(C)C(=O)N1CCNCC1c1cccnc1.Cl. The standard InChI is InChI=1S/C16H25N3O3.ClH/c1-3-21-9-10-22-13(2)16(20)19-8-7-18-12-15(19)14-5-4-6-17-11-14;/h4-6,11,13,15,18H,3,7-10,12H2,1-2H3;1H. The van der Waals surface area contributed by atoms with Crippen LogP contribution in [0.25, 0.3) is 0 Å². The molecule has 1 aromatic heterocycles. The number of nitrogens with zero attached hydrogens (tertiary/aromatic N) is 2. The molecule has 1 fully saturated rings. The normalized spacial score (nSPS) is 19.0. The molecule has 2 unspecified atom stereocenters. The van der Waals surface area contributed by atoms with Crippen LogP contribution in [0, 0.1) is 0 Å². The summed E-state index contributed by atoms with van der Waals surface area (Å²) in [7, 11) is 0. The molecule has 0 aromatic carbocycles. The summed E-state index contributed by atoms with van der Waals surface area (Å²) in [6.45, 7) is 7.57. The van der Waals surface area contributed by atoms with E-state index in [1.54, 1.807) is 13.1 Å². The highest BCUT2D eigenvalue weighted by Crippen LogP contribution is 2.22. The molecule has 1 amide bonds. The van der Waals surface area contributed by atoms with Crippen LogP contribution in [0.15, 0.2) is 24.5 Å². The van der Waals surface area contributed by atoms with Crippen LogP contribution in [-0.2, 0) is 14.3 Å². The Hall–Kier alpha value is -1.21. The Balaban J connectivity index is 0.00000264. The van der Waals surface area contributed by atoms with Crippen molar-refractivity contribution in [2.45, 2.75) is 26.0 Å². The first-order valence-corrected chi connectivity index (χ1v) is 7.84. The Bertz CT molecular complexity index is 461. The van der Waals surface area contributed by atoms with Gasteiger partial charge < -0.3 is 19.7 Å². The Labute approximate surface area is 144 Å². The maximum atomic E-state index is 12.7. The van der Waals surface area contributed by atoms with E-state index in [1.807, 2.05) is 30.2 Å². The zero-order chi connectivity index (χ0) is 15.8. The van der Waals surface area contributed by atoms with Gasteiger partial charge in [0.2, 0.25) is 0 Å². The zero-order valence-corrected chi connectivity index (χ0v) is 14.6. The summed E-state index contributed by atoms with van der Waals surface area (Å²) < 4.78 is 10.8. The van der Waals surface area contributed by atoms with Gasteiger partial charge in [-0.05, 0) is 25.5 Å². The second kappa shape index (κ2) is 10.5. The van der Waals surface area contributed by atoms with Crippen LogP contribution in [0.2, 0.25) is 0 Å². The van der Waals surface area contributed by atoms with Crippen LogP contribution in [-0.4, -0.2) is 61.3 Å². The number of ether oxygens (including phenoxy) is 2. The number of aromatic nitrogens is 1. The molecule has 7 heteroatoms. The lowest BCUT2D eigenvalue weighted by molar-refractivity contribution is -0.147. The second-order valence-electron chi connectivity index (χ2n) is 5.25. The van der Waals surface area contributed by atoms with Gasteiger partial charge in [-0.1, -0.05) is 6.07 Å². The van der Waals surface area contributed by atoms with Crippen LogP contribution in [0.1, 0.15) is 25.5 Å². The van der Waals surface area contributed by atoms with Crippen molar-refractivity contribution in [1.29, 1.82) is 0 Å². The summed E-state index contributed by atoms with van der Waals surface area (Å²) in [6.07, 6.45) is 3.10. The molecule has 23 heavy (non-hydrogen) atoms. The minimum atomic E-state index is -0.460. The Kier molecular flexibility index (Phi) is 9.09. The largest absolute Gasteiger partial charge is 0.379 e. The predicted molar refractivity (Wildman–Crippen MR) is 90.7 cm³/mol. The molecule has 0 aliphatic carbocycles. The third-order valence-corrected chi connectivity index (χ3v) is 3.74. The Morgan fingerprint density at radius 1 is 1.52 bits per heavy atom. The van der Waals surface area contributed by atoms with Gasteiger partial charge in [0, 0.05) is 38.6 Å². The molecule has 0 bridgehead atoms. The Morgan fingerprint density at radius 2 is 2.35 bits per heavy atom. The second-order valence-corrected chi connectivity index (χ2v) is 5.25. The fourth-order valence-corrected chi connectivity index (χ4v) is 2.57. The highest BCUT2D eigenvalue weighted by Gasteiger charge is 2.31. The van der Waals surface area contributed by atoms with Crippen LogP contribution in [0.3, 0.4) is 0 Å². The number of rotatable bonds is 7. The van der Waals surface area contributed by atoms with E-state index >= 15 is 0 Å². The smallest absolute Gasteiger partial charge is 0.252 e. The number of halogens is 1. The minimum Gasteiger partial charge on any atom is -0.379 e. The number of carbonyl (C=O) groups excluding carboxylic acids is 1. The molecule has 1 aliphatic heterocycles. The van der Waals surface area contributed by atoms with Gasteiger partial charge in [-0.25, -0.2) is 0 Å². The highest BCUT2D eigenvalue weighted by molar-refractivity contribution is 5.85. The van der Waals surface area contributed by atoms with Crippen LogP contribution >= 0.6 is 12.4 Å². The summed E-state index contributed by atoms with van der Waals surface area (Å²) >= 11 is 0. The van der Waals surface area contributed by atoms with Crippen molar-refractivity contribution in [3.8, 4) is 0 Å². The van der Waals surface area contributed by atoms with Gasteiger partial charge >= 0.3 is 0 Å². The summed E-state index contributed by atoms with van der Waals surface area (Å²) in [4.78, 5) is 18.7. The number of carbonyl (C=O) groups is 1. The van der Waals surface area contributed by atoms with Crippen molar-refractivity contribution < 1.29 is 14.3 Å². The zero-order valence-electron chi connectivity index (χ0n) is 13.7. The van der Waals surface area contributed by atoms with Gasteiger partial charge in [-0.3, -0.25) is 9.78 Å². The molecule has 1 aliphatic rings. The van der Waals surface area contributed by atoms with Gasteiger partial charge in [0.1, 0.15) is 6.10 Å². The van der Waals surface area contributed by atoms with Gasteiger partial charge in [-0.2, -0.15) is 0 Å². The summed E-state index contributed by atoms with van der Waals surface area (Å²) in [5.74, 6) is 0.0202. The highest BCUT2D eigenvalue weighted by atomic mass is 35.5. The molecule has 0 saturated carbocycles. The van der Waals surface area contributed by atoms with Crippen molar-refractivity contribution in [3.05, 3.63) is 30.1 Å². The molecular weight excluding hydrogens is 318 g/mol. The first-order valence-electron chi connectivity index (χ1n) is 7.84. The molecule has 0 spiro atoms. The summed E-state index contributed by atoms with van der Waals surface area (Å²) in [6, 6.07) is 3.91. The molecule has 1 saturated heterocycles. The van der Waals surface area contributed by atoms with Crippen LogP contribution in [0.5, 0.6) is 0 Å². The lowest BCUT2D eigenvalue weighted by atomic mass is 10.0. The number of amides is 1. The van der Waals surface area contributed by atoms with E-state index in [0.29, 0.717) is 26.4 Å². The number of piperazine rings is 1. The summed E-state index contributed by atoms with van der Waals surface area (Å²) in [5.41, 5.74) is 1.05. The van der Waals surface area contributed by atoms with Crippen LogP contribution in [0.4, 0.5) is 0 Å². The van der Waals surface area contributed by atoms with Crippen molar-refractivity contribution in [1.82, 2.24) is 15.2 Å². The fraction of sp³-hybridized carbons (Fsp3) is 0.625. The lowest BCUT2D eigenvalue weighted by Gasteiger charge is -2.37. The van der Waals surface area contributed by atoms with Gasteiger partial charge in [-0.15, -0.1) is 12.4 Å². The minimum absolute atomic E-state index is 0. The van der Waals surface area contributed by atoms with Crippen molar-refractivity contribution in [2.75, 3.05) is 39.5 Å². The average Bonchev–Trinajstić information content (AvgIpc) is 2.58. The molecule has 1 N–H and O–H groups in total. The Morgan fingerprint density at radius 3 is 3.04 bits per heavy atom. The van der Waals surface area contributed by atoms with E-state index in [4.69, 9.17) is 9.47 Å². The third-order valence-electron chi connectivity index (χ3n) is 3.74. The molecule has 6 nitrogen and oxygen atoms in total. The van der Waals surface area contributed by atoms with E-state index in [0.717, 1.165) is 18.7 Å². The average molecular weight is 344 g/mol. The lowest BCUT2D eigenvalue weighted by Crippen LogP contribution is -2.51. The molecule has 1 aromatic rings. The maximum absolute atomic E-state index is 12.7. The number of hydrogen-bond acceptors (Lipinski definition) is 5. The number of hydrogen-bond donors (Lipinski definition) is 1. The summed E-state index contributed by atoms with van der Waals surface area (Å²) in [5, 5.41) is 3.33. The topological polar surface area (TPSA) is 63.7 Å². The first kappa shape index (κ1) is 19.8. The van der Waals surface area contributed by atoms with Crippen molar-refractivity contribution in [2.24, 2.45) is 0 Å². The first-order chi connectivity index (χ1) is 10.7. The van der Waals surface area contributed by atoms with E-state index in [2.05, 4.69) is 10.3 Å². The van der Waals surface area contributed by atoms with Crippen molar-refractivity contribution in [3.63, 3.8) is 0 Å². The molecule has 2 heterocycles. The van der Waals surface area contributed by atoms with Crippen LogP contribution < -0.4 is 5.32 Å². The van der Waals surface area contributed by atoms with Gasteiger partial charge in [0.15, 0.2) is 0 Å².